The molecule has 29 heavy (non-hydrogen) atoms. The summed E-state index contributed by atoms with van der Waals surface area (Å²) in [6, 6.07) is 10.6. The Labute approximate surface area is 168 Å². The van der Waals surface area contributed by atoms with Gasteiger partial charge in [0.05, 0.1) is 16.3 Å². The molecule has 2 aromatic carbocycles. The maximum Gasteiger partial charge on any atom is 0.418 e. The van der Waals surface area contributed by atoms with Crippen LogP contribution in [0.3, 0.4) is 0 Å². The maximum absolute atomic E-state index is 13.2. The molecule has 1 saturated heterocycles. The number of urea groups is 1. The molecular weight excluding hydrogens is 411 g/mol. The summed E-state index contributed by atoms with van der Waals surface area (Å²) in [5, 5.41) is 4.25. The molecule has 4 amide bonds. The van der Waals surface area contributed by atoms with Crippen LogP contribution in [0.5, 0.6) is 0 Å². The van der Waals surface area contributed by atoms with Crippen LogP contribution in [0.15, 0.2) is 48.5 Å². The van der Waals surface area contributed by atoms with E-state index in [0.29, 0.717) is 10.5 Å². The van der Waals surface area contributed by atoms with Crippen LogP contribution < -0.4 is 10.6 Å². The second kappa shape index (κ2) is 7.40. The quantitative estimate of drug-likeness (QED) is 0.732. The van der Waals surface area contributed by atoms with Gasteiger partial charge >= 0.3 is 12.2 Å². The van der Waals surface area contributed by atoms with Crippen molar-refractivity contribution in [3.8, 4) is 0 Å². The zero-order valence-corrected chi connectivity index (χ0v) is 15.8. The lowest BCUT2D eigenvalue weighted by atomic mass is 9.92. The predicted molar refractivity (Wildman–Crippen MR) is 99.1 cm³/mol. The lowest BCUT2D eigenvalue weighted by molar-refractivity contribution is -0.137. The average Bonchev–Trinajstić information content (AvgIpc) is 2.87. The van der Waals surface area contributed by atoms with Gasteiger partial charge in [-0.3, -0.25) is 14.5 Å². The number of hydrogen-bond acceptors (Lipinski definition) is 3. The van der Waals surface area contributed by atoms with E-state index >= 15 is 0 Å². The molecule has 6 nitrogen and oxygen atoms in total. The first-order valence-electron chi connectivity index (χ1n) is 8.39. The summed E-state index contributed by atoms with van der Waals surface area (Å²) in [7, 11) is 0. The molecule has 1 fully saturated rings. The van der Waals surface area contributed by atoms with Gasteiger partial charge in [0.1, 0.15) is 12.1 Å². The molecule has 1 aliphatic heterocycles. The number of amides is 4. The largest absolute Gasteiger partial charge is 0.418 e. The van der Waals surface area contributed by atoms with Crippen LogP contribution in [0.1, 0.15) is 18.1 Å². The van der Waals surface area contributed by atoms with Crippen molar-refractivity contribution in [2.24, 2.45) is 0 Å². The fraction of sp³-hybridized carbons (Fsp3) is 0.211. The normalized spacial score (nSPS) is 19.3. The van der Waals surface area contributed by atoms with Gasteiger partial charge in [-0.05, 0) is 24.6 Å². The van der Waals surface area contributed by atoms with E-state index in [2.05, 4.69) is 10.6 Å². The summed E-state index contributed by atoms with van der Waals surface area (Å²) in [6.07, 6.45) is -4.75. The summed E-state index contributed by atoms with van der Waals surface area (Å²) in [4.78, 5) is 38.0. The van der Waals surface area contributed by atoms with E-state index in [1.54, 1.807) is 30.3 Å². The second-order valence-corrected chi connectivity index (χ2v) is 6.93. The lowest BCUT2D eigenvalue weighted by Gasteiger charge is -2.22. The molecule has 0 aromatic heterocycles. The second-order valence-electron chi connectivity index (χ2n) is 6.52. The fourth-order valence-corrected chi connectivity index (χ4v) is 3.24. The Morgan fingerprint density at radius 1 is 1.14 bits per heavy atom. The molecule has 3 rings (SSSR count). The van der Waals surface area contributed by atoms with Crippen molar-refractivity contribution in [1.82, 2.24) is 10.2 Å². The van der Waals surface area contributed by atoms with Crippen LogP contribution in [0.2, 0.25) is 5.02 Å². The Kier molecular flexibility index (Phi) is 5.27. The van der Waals surface area contributed by atoms with E-state index in [9.17, 15) is 27.6 Å². The predicted octanol–water partition coefficient (Wildman–Crippen LogP) is 3.76. The van der Waals surface area contributed by atoms with Gasteiger partial charge < -0.3 is 10.6 Å². The highest BCUT2D eigenvalue weighted by molar-refractivity contribution is 6.34. The van der Waals surface area contributed by atoms with Gasteiger partial charge in [-0.25, -0.2) is 4.79 Å². The topological polar surface area (TPSA) is 78.5 Å². The van der Waals surface area contributed by atoms with Crippen molar-refractivity contribution in [3.05, 3.63) is 64.7 Å². The summed E-state index contributed by atoms with van der Waals surface area (Å²) in [5.74, 6) is -1.69. The van der Waals surface area contributed by atoms with Crippen LogP contribution >= 0.6 is 11.6 Å². The minimum atomic E-state index is -4.75. The zero-order chi connectivity index (χ0) is 21.4. The summed E-state index contributed by atoms with van der Waals surface area (Å²) in [6.45, 7) is 0.714. The molecule has 0 radical (unpaired) electrons. The first kappa shape index (κ1) is 20.7. The van der Waals surface area contributed by atoms with Gasteiger partial charge in [0.15, 0.2) is 0 Å². The Morgan fingerprint density at radius 3 is 2.41 bits per heavy atom. The lowest BCUT2D eigenvalue weighted by Crippen LogP contribution is -2.42. The number of nitrogens with one attached hydrogen (secondary N) is 2. The van der Waals surface area contributed by atoms with E-state index in [0.717, 1.165) is 12.1 Å². The minimum absolute atomic E-state index is 0.320. The SMILES string of the molecule is CC1(c2ccccc2)NC(=O)N(CC(=O)Nc2c(Cl)cccc2C(F)(F)F)C1=O. The van der Waals surface area contributed by atoms with Crippen molar-refractivity contribution in [2.45, 2.75) is 18.6 Å². The van der Waals surface area contributed by atoms with Crippen molar-refractivity contribution in [1.29, 1.82) is 0 Å². The molecule has 1 unspecified atom stereocenters. The molecule has 1 atom stereocenters. The van der Waals surface area contributed by atoms with Gasteiger partial charge in [0.25, 0.3) is 5.91 Å². The number of carbonyl (C=O) groups is 3. The number of halogens is 4. The third-order valence-corrected chi connectivity index (χ3v) is 4.83. The van der Waals surface area contributed by atoms with Gasteiger partial charge in [-0.15, -0.1) is 0 Å². The van der Waals surface area contributed by atoms with Crippen LogP contribution in [0, 0.1) is 0 Å². The number of imide groups is 1. The highest BCUT2D eigenvalue weighted by Crippen LogP contribution is 2.38. The molecule has 10 heteroatoms. The van der Waals surface area contributed by atoms with Crippen LogP contribution in [0.25, 0.3) is 0 Å². The van der Waals surface area contributed by atoms with Crippen LogP contribution in [0.4, 0.5) is 23.7 Å². The molecular formula is C19H15ClF3N3O3. The third kappa shape index (κ3) is 3.91. The average molecular weight is 426 g/mol. The van der Waals surface area contributed by atoms with Crippen molar-refractivity contribution < 1.29 is 27.6 Å². The number of carbonyl (C=O) groups excluding carboxylic acids is 3. The molecule has 1 heterocycles. The number of hydrogen-bond donors (Lipinski definition) is 2. The first-order chi connectivity index (χ1) is 13.5. The highest BCUT2D eigenvalue weighted by Gasteiger charge is 2.49. The van der Waals surface area contributed by atoms with E-state index < -0.39 is 47.4 Å². The molecule has 2 aromatic rings. The molecule has 0 bridgehead atoms. The highest BCUT2D eigenvalue weighted by atomic mass is 35.5. The van der Waals surface area contributed by atoms with Gasteiger partial charge in [-0.1, -0.05) is 48.0 Å². The molecule has 152 valence electrons. The summed E-state index contributed by atoms with van der Waals surface area (Å²) in [5.41, 5.74) is -2.65. The van der Waals surface area contributed by atoms with Crippen LogP contribution in [-0.4, -0.2) is 29.3 Å². The maximum atomic E-state index is 13.2. The number of alkyl halides is 3. The number of para-hydroxylation sites is 1. The number of nitrogens with zero attached hydrogens (tertiary/aromatic N) is 1. The number of anilines is 1. The van der Waals surface area contributed by atoms with Crippen molar-refractivity contribution in [3.63, 3.8) is 0 Å². The van der Waals surface area contributed by atoms with Crippen molar-refractivity contribution in [2.75, 3.05) is 11.9 Å². The van der Waals surface area contributed by atoms with E-state index in [1.807, 2.05) is 0 Å². The van der Waals surface area contributed by atoms with Crippen LogP contribution in [-0.2, 0) is 21.3 Å². The summed E-state index contributed by atoms with van der Waals surface area (Å²) < 4.78 is 39.5. The van der Waals surface area contributed by atoms with E-state index in [4.69, 9.17) is 11.6 Å². The molecule has 0 aliphatic carbocycles. The Balaban J connectivity index is 1.81. The van der Waals surface area contributed by atoms with Gasteiger partial charge in [0, 0.05) is 0 Å². The Bertz CT molecular complexity index is 982. The van der Waals surface area contributed by atoms with E-state index in [1.165, 1.54) is 13.0 Å². The first-order valence-corrected chi connectivity index (χ1v) is 8.77. The van der Waals surface area contributed by atoms with Gasteiger partial charge in [0.2, 0.25) is 5.91 Å². The molecule has 2 N–H and O–H groups in total. The monoisotopic (exact) mass is 425 g/mol. The Morgan fingerprint density at radius 2 is 1.79 bits per heavy atom. The minimum Gasteiger partial charge on any atom is -0.323 e. The third-order valence-electron chi connectivity index (χ3n) is 4.51. The zero-order valence-electron chi connectivity index (χ0n) is 15.0. The molecule has 0 saturated carbocycles. The summed E-state index contributed by atoms with van der Waals surface area (Å²) >= 11 is 5.80. The van der Waals surface area contributed by atoms with Crippen molar-refractivity contribution >= 4 is 35.1 Å². The standard InChI is InChI=1S/C19H15ClF3N3O3/c1-18(11-6-3-2-4-7-11)16(28)26(17(29)25-18)10-14(27)24-15-12(19(21,22)23)8-5-9-13(15)20/h2-9H,10H2,1H3,(H,24,27)(H,25,29). The fourth-order valence-electron chi connectivity index (χ4n) is 3.02. The number of benzene rings is 2. The number of rotatable bonds is 4. The van der Waals surface area contributed by atoms with E-state index in [-0.39, 0.29) is 5.02 Å². The van der Waals surface area contributed by atoms with Gasteiger partial charge in [-0.2, -0.15) is 13.2 Å². The molecule has 1 aliphatic rings. The molecule has 0 spiro atoms. The smallest absolute Gasteiger partial charge is 0.323 e. The Hall–Kier alpha value is -3.07.